The number of para-hydroxylation sites is 1. The Hall–Kier alpha value is -3.16. The molecule has 2 heterocycles. The highest BCUT2D eigenvalue weighted by molar-refractivity contribution is 6.06. The number of nitrogens with one attached hydrogen (secondary N) is 2. The van der Waals surface area contributed by atoms with Crippen LogP contribution >= 0.6 is 0 Å². The fraction of sp³-hybridized carbons (Fsp3) is 0.333. The van der Waals surface area contributed by atoms with Crippen molar-refractivity contribution in [3.63, 3.8) is 0 Å². The summed E-state index contributed by atoms with van der Waals surface area (Å²) in [6.07, 6.45) is 1.27. The predicted octanol–water partition coefficient (Wildman–Crippen LogP) is 4.73. The lowest BCUT2D eigenvalue weighted by molar-refractivity contribution is -0.124. The minimum absolute atomic E-state index is 0.0296. The third-order valence-electron chi connectivity index (χ3n) is 5.10. The number of rotatable bonds is 7. The monoisotopic (exact) mass is 422 g/mol. The molecular formula is C24H26N2O5. The van der Waals surface area contributed by atoms with E-state index in [1.54, 1.807) is 24.3 Å². The van der Waals surface area contributed by atoms with Crippen molar-refractivity contribution >= 4 is 34.2 Å². The molecule has 0 spiro atoms. The number of anilines is 2. The number of carbonyl (C=O) groups excluding carboxylic acids is 2. The number of amides is 2. The number of furan rings is 1. The van der Waals surface area contributed by atoms with Crippen molar-refractivity contribution in [3.8, 4) is 0 Å². The van der Waals surface area contributed by atoms with Gasteiger partial charge in [0.1, 0.15) is 11.7 Å². The molecule has 1 fully saturated rings. The number of carbonyl (C=O) groups is 2. The Morgan fingerprint density at radius 3 is 2.45 bits per heavy atom. The fourth-order valence-electron chi connectivity index (χ4n) is 3.51. The van der Waals surface area contributed by atoms with Gasteiger partial charge in [-0.1, -0.05) is 18.2 Å². The van der Waals surface area contributed by atoms with Gasteiger partial charge in [-0.05, 0) is 57.0 Å². The summed E-state index contributed by atoms with van der Waals surface area (Å²) in [5, 5.41) is 6.56. The normalized spacial score (nSPS) is 16.0. The summed E-state index contributed by atoms with van der Waals surface area (Å²) in [6, 6.07) is 14.5. The van der Waals surface area contributed by atoms with Crippen LogP contribution in [0, 0.1) is 0 Å². The molecule has 1 unspecified atom stereocenters. The molecule has 1 atom stereocenters. The molecule has 4 rings (SSSR count). The summed E-state index contributed by atoms with van der Waals surface area (Å²) in [5.74, 6) is -0.265. The van der Waals surface area contributed by atoms with Crippen LogP contribution < -0.4 is 10.6 Å². The highest BCUT2D eigenvalue weighted by Gasteiger charge is 2.24. The summed E-state index contributed by atoms with van der Waals surface area (Å²) in [6.45, 7) is 4.79. The third-order valence-corrected chi connectivity index (χ3v) is 5.10. The SMILES string of the molecule is CC(C)OCc1c(C(=O)Nc2ccc(NC(=O)C3CCCO3)cc2)oc2ccccc12. The number of ether oxygens (including phenoxy) is 2. The van der Waals surface area contributed by atoms with E-state index in [-0.39, 0.29) is 36.4 Å². The van der Waals surface area contributed by atoms with Crippen LogP contribution in [0.15, 0.2) is 52.9 Å². The molecule has 7 nitrogen and oxygen atoms in total. The molecule has 0 saturated carbocycles. The molecule has 1 saturated heterocycles. The zero-order valence-corrected chi connectivity index (χ0v) is 17.6. The molecule has 0 aliphatic carbocycles. The Balaban J connectivity index is 1.47. The number of benzene rings is 2. The van der Waals surface area contributed by atoms with E-state index in [0.29, 0.717) is 23.6 Å². The smallest absolute Gasteiger partial charge is 0.291 e. The third kappa shape index (κ3) is 4.95. The van der Waals surface area contributed by atoms with E-state index in [4.69, 9.17) is 13.9 Å². The van der Waals surface area contributed by atoms with E-state index >= 15 is 0 Å². The van der Waals surface area contributed by atoms with Crippen molar-refractivity contribution in [3.05, 3.63) is 59.9 Å². The first-order valence-corrected chi connectivity index (χ1v) is 10.5. The Bertz CT molecular complexity index is 1070. The van der Waals surface area contributed by atoms with Gasteiger partial charge >= 0.3 is 0 Å². The first-order valence-electron chi connectivity index (χ1n) is 10.5. The van der Waals surface area contributed by atoms with Crippen molar-refractivity contribution in [2.24, 2.45) is 0 Å². The molecule has 0 radical (unpaired) electrons. The van der Waals surface area contributed by atoms with Gasteiger partial charge < -0.3 is 24.5 Å². The van der Waals surface area contributed by atoms with Crippen molar-refractivity contribution in [1.82, 2.24) is 0 Å². The quantitative estimate of drug-likeness (QED) is 0.575. The van der Waals surface area contributed by atoms with Crippen molar-refractivity contribution in [2.45, 2.75) is 45.5 Å². The Labute approximate surface area is 180 Å². The van der Waals surface area contributed by atoms with Gasteiger partial charge in [-0.3, -0.25) is 9.59 Å². The second-order valence-electron chi connectivity index (χ2n) is 7.79. The number of fused-ring (bicyclic) bond motifs is 1. The Morgan fingerprint density at radius 1 is 1.06 bits per heavy atom. The number of hydrogen-bond acceptors (Lipinski definition) is 5. The zero-order chi connectivity index (χ0) is 21.8. The predicted molar refractivity (Wildman–Crippen MR) is 118 cm³/mol. The average molecular weight is 422 g/mol. The first kappa shape index (κ1) is 21.1. The van der Waals surface area contributed by atoms with Crippen LogP contribution in [0.4, 0.5) is 11.4 Å². The molecule has 1 aliphatic rings. The molecule has 162 valence electrons. The van der Waals surface area contributed by atoms with E-state index in [1.807, 2.05) is 38.1 Å². The van der Waals surface area contributed by atoms with Crippen molar-refractivity contribution < 1.29 is 23.5 Å². The van der Waals surface area contributed by atoms with Gasteiger partial charge in [0.15, 0.2) is 5.76 Å². The molecule has 2 amide bonds. The fourth-order valence-corrected chi connectivity index (χ4v) is 3.51. The van der Waals surface area contributed by atoms with E-state index in [9.17, 15) is 9.59 Å². The van der Waals surface area contributed by atoms with Gasteiger partial charge in [0, 0.05) is 28.9 Å². The molecule has 1 aromatic heterocycles. The summed E-state index contributed by atoms with van der Waals surface area (Å²) in [5.41, 5.74) is 2.61. The summed E-state index contributed by atoms with van der Waals surface area (Å²) >= 11 is 0. The van der Waals surface area contributed by atoms with Gasteiger partial charge in [-0.25, -0.2) is 0 Å². The summed E-state index contributed by atoms with van der Waals surface area (Å²) < 4.78 is 17.0. The van der Waals surface area contributed by atoms with Gasteiger partial charge in [-0.2, -0.15) is 0 Å². The van der Waals surface area contributed by atoms with Gasteiger partial charge in [0.25, 0.3) is 11.8 Å². The molecule has 31 heavy (non-hydrogen) atoms. The lowest BCUT2D eigenvalue weighted by atomic mass is 10.1. The van der Waals surface area contributed by atoms with Crippen LogP contribution in [0.25, 0.3) is 11.0 Å². The number of hydrogen-bond donors (Lipinski definition) is 2. The standard InChI is InChI=1S/C24H26N2O5/c1-15(2)30-14-19-18-6-3-4-7-20(18)31-22(19)24(28)26-17-11-9-16(10-12-17)25-23(27)21-8-5-13-29-21/h3-4,6-7,9-12,15,21H,5,8,13-14H2,1-2H3,(H,25,27)(H,26,28). The molecule has 1 aliphatic heterocycles. The van der Waals surface area contributed by atoms with E-state index in [0.717, 1.165) is 23.8 Å². The second-order valence-corrected chi connectivity index (χ2v) is 7.79. The van der Waals surface area contributed by atoms with Gasteiger partial charge in [-0.15, -0.1) is 0 Å². The largest absolute Gasteiger partial charge is 0.451 e. The first-order chi connectivity index (χ1) is 15.0. The lowest BCUT2D eigenvalue weighted by Crippen LogP contribution is -2.26. The van der Waals surface area contributed by atoms with E-state index < -0.39 is 0 Å². The summed E-state index contributed by atoms with van der Waals surface area (Å²) in [4.78, 5) is 25.1. The minimum Gasteiger partial charge on any atom is -0.451 e. The highest BCUT2D eigenvalue weighted by atomic mass is 16.5. The van der Waals surface area contributed by atoms with Crippen LogP contribution in [0.1, 0.15) is 42.8 Å². The van der Waals surface area contributed by atoms with Crippen LogP contribution in [-0.2, 0) is 20.9 Å². The van der Waals surface area contributed by atoms with Crippen LogP contribution in [0.3, 0.4) is 0 Å². The maximum Gasteiger partial charge on any atom is 0.291 e. The van der Waals surface area contributed by atoms with Gasteiger partial charge in [0.2, 0.25) is 0 Å². The van der Waals surface area contributed by atoms with E-state index in [2.05, 4.69) is 10.6 Å². The Morgan fingerprint density at radius 2 is 1.77 bits per heavy atom. The zero-order valence-electron chi connectivity index (χ0n) is 17.6. The average Bonchev–Trinajstić information content (AvgIpc) is 3.42. The lowest BCUT2D eigenvalue weighted by Gasteiger charge is -2.11. The van der Waals surface area contributed by atoms with Crippen LogP contribution in [-0.4, -0.2) is 30.6 Å². The maximum atomic E-state index is 12.9. The maximum absolute atomic E-state index is 12.9. The summed E-state index contributed by atoms with van der Waals surface area (Å²) in [7, 11) is 0. The second kappa shape index (κ2) is 9.32. The highest BCUT2D eigenvalue weighted by Crippen LogP contribution is 2.28. The molecule has 2 N–H and O–H groups in total. The van der Waals surface area contributed by atoms with E-state index in [1.165, 1.54) is 0 Å². The van der Waals surface area contributed by atoms with Gasteiger partial charge in [0.05, 0.1) is 12.7 Å². The Kier molecular flexibility index (Phi) is 6.34. The molecular weight excluding hydrogens is 396 g/mol. The minimum atomic E-state index is -0.390. The van der Waals surface area contributed by atoms with Crippen LogP contribution in [0.2, 0.25) is 0 Å². The van der Waals surface area contributed by atoms with Crippen LogP contribution in [0.5, 0.6) is 0 Å². The molecule has 2 aromatic carbocycles. The molecule has 3 aromatic rings. The molecule has 7 heteroatoms. The molecule has 0 bridgehead atoms. The van der Waals surface area contributed by atoms with Crippen molar-refractivity contribution in [1.29, 1.82) is 0 Å². The van der Waals surface area contributed by atoms with Crippen molar-refractivity contribution in [2.75, 3.05) is 17.2 Å². The topological polar surface area (TPSA) is 89.8 Å².